The van der Waals surface area contributed by atoms with Crippen LogP contribution in [0, 0.1) is 6.92 Å². The number of nitrogens with one attached hydrogen (secondary N) is 1. The van der Waals surface area contributed by atoms with Gasteiger partial charge in [-0.2, -0.15) is 0 Å². The maximum absolute atomic E-state index is 12.3. The first-order chi connectivity index (χ1) is 13.1. The van der Waals surface area contributed by atoms with E-state index in [1.807, 2.05) is 24.3 Å². The molecule has 2 aromatic carbocycles. The first kappa shape index (κ1) is 19.5. The summed E-state index contributed by atoms with van der Waals surface area (Å²) in [5, 5.41) is 4.01. The van der Waals surface area contributed by atoms with Gasteiger partial charge in [-0.1, -0.05) is 19.9 Å². The maximum atomic E-state index is 12.3. The first-order valence-corrected chi connectivity index (χ1v) is 10.4. The molecule has 1 amide bonds. The molecule has 3 rings (SSSR count). The van der Waals surface area contributed by atoms with Crippen molar-refractivity contribution in [1.82, 2.24) is 9.88 Å². The SMILES string of the molecule is CCCN(CCC)CC(=O)Nc1ccc(-c2nc3ccc(C)cc3s2)cc1. The van der Waals surface area contributed by atoms with Crippen molar-refractivity contribution >= 4 is 33.1 Å². The Morgan fingerprint density at radius 1 is 1.07 bits per heavy atom. The number of benzene rings is 2. The van der Waals surface area contributed by atoms with E-state index in [2.05, 4.69) is 49.2 Å². The predicted octanol–water partition coefficient (Wildman–Crippen LogP) is 5.33. The Morgan fingerprint density at radius 2 is 1.78 bits per heavy atom. The van der Waals surface area contributed by atoms with Crippen molar-refractivity contribution < 1.29 is 4.79 Å². The third-order valence-electron chi connectivity index (χ3n) is 4.41. The number of nitrogens with zero attached hydrogens (tertiary/aromatic N) is 2. The topological polar surface area (TPSA) is 45.2 Å². The number of hydrogen-bond acceptors (Lipinski definition) is 4. The van der Waals surface area contributed by atoms with Crippen LogP contribution in [0.5, 0.6) is 0 Å². The number of anilines is 1. The summed E-state index contributed by atoms with van der Waals surface area (Å²) in [6.45, 7) is 8.74. The molecule has 0 saturated heterocycles. The summed E-state index contributed by atoms with van der Waals surface area (Å²) in [6.07, 6.45) is 2.12. The Balaban J connectivity index is 1.66. The highest BCUT2D eigenvalue weighted by atomic mass is 32.1. The highest BCUT2D eigenvalue weighted by Gasteiger charge is 2.10. The van der Waals surface area contributed by atoms with E-state index in [0.29, 0.717) is 6.54 Å². The zero-order valence-electron chi connectivity index (χ0n) is 16.3. The van der Waals surface area contributed by atoms with Gasteiger partial charge in [0.2, 0.25) is 5.91 Å². The predicted molar refractivity (Wildman–Crippen MR) is 115 cm³/mol. The van der Waals surface area contributed by atoms with Gasteiger partial charge in [0.1, 0.15) is 5.01 Å². The molecule has 4 nitrogen and oxygen atoms in total. The van der Waals surface area contributed by atoms with Crippen molar-refractivity contribution in [2.75, 3.05) is 25.0 Å². The number of aryl methyl sites for hydroxylation is 1. The van der Waals surface area contributed by atoms with E-state index in [-0.39, 0.29) is 5.91 Å². The van der Waals surface area contributed by atoms with Crippen LogP contribution in [0.1, 0.15) is 32.3 Å². The smallest absolute Gasteiger partial charge is 0.238 e. The highest BCUT2D eigenvalue weighted by Crippen LogP contribution is 2.31. The molecule has 0 fully saturated rings. The molecule has 5 heteroatoms. The molecule has 0 atom stereocenters. The highest BCUT2D eigenvalue weighted by molar-refractivity contribution is 7.21. The second kappa shape index (κ2) is 9.11. The molecule has 1 heterocycles. The van der Waals surface area contributed by atoms with Gasteiger partial charge in [-0.3, -0.25) is 9.69 Å². The molecule has 0 radical (unpaired) electrons. The van der Waals surface area contributed by atoms with Crippen LogP contribution in [0.3, 0.4) is 0 Å². The van der Waals surface area contributed by atoms with Crippen molar-refractivity contribution in [1.29, 1.82) is 0 Å². The monoisotopic (exact) mass is 381 g/mol. The largest absolute Gasteiger partial charge is 0.325 e. The number of hydrogen-bond donors (Lipinski definition) is 1. The minimum absolute atomic E-state index is 0.0418. The zero-order chi connectivity index (χ0) is 19.2. The van der Waals surface area contributed by atoms with Crippen LogP contribution in [-0.2, 0) is 4.79 Å². The van der Waals surface area contributed by atoms with Gasteiger partial charge in [0.25, 0.3) is 0 Å². The Labute approximate surface area is 165 Å². The quantitative estimate of drug-likeness (QED) is 0.573. The van der Waals surface area contributed by atoms with Crippen LogP contribution >= 0.6 is 11.3 Å². The fourth-order valence-corrected chi connectivity index (χ4v) is 4.23. The normalized spacial score (nSPS) is 11.3. The Bertz CT molecular complexity index is 896. The summed E-state index contributed by atoms with van der Waals surface area (Å²) in [6, 6.07) is 14.3. The van der Waals surface area contributed by atoms with Crippen molar-refractivity contribution in [3.05, 3.63) is 48.0 Å². The molecule has 0 saturated carbocycles. The average molecular weight is 382 g/mol. The minimum Gasteiger partial charge on any atom is -0.325 e. The van der Waals surface area contributed by atoms with E-state index >= 15 is 0 Å². The van der Waals surface area contributed by atoms with Gasteiger partial charge in [-0.25, -0.2) is 4.98 Å². The van der Waals surface area contributed by atoms with Gasteiger partial charge in [0, 0.05) is 11.3 Å². The summed E-state index contributed by atoms with van der Waals surface area (Å²) in [5.74, 6) is 0.0418. The number of rotatable bonds is 8. The van der Waals surface area contributed by atoms with E-state index in [9.17, 15) is 4.79 Å². The molecule has 0 unspecified atom stereocenters. The third-order valence-corrected chi connectivity index (χ3v) is 5.47. The van der Waals surface area contributed by atoms with Gasteiger partial charge < -0.3 is 5.32 Å². The van der Waals surface area contributed by atoms with Gasteiger partial charge in [0.05, 0.1) is 16.8 Å². The van der Waals surface area contributed by atoms with Gasteiger partial charge in [-0.15, -0.1) is 11.3 Å². The van der Waals surface area contributed by atoms with Crippen molar-refractivity contribution in [2.24, 2.45) is 0 Å². The number of fused-ring (bicyclic) bond motifs is 1. The molecule has 0 bridgehead atoms. The van der Waals surface area contributed by atoms with Crippen LogP contribution in [0.25, 0.3) is 20.8 Å². The van der Waals surface area contributed by atoms with Gasteiger partial charge >= 0.3 is 0 Å². The van der Waals surface area contributed by atoms with E-state index in [1.165, 1.54) is 10.3 Å². The number of aromatic nitrogens is 1. The lowest BCUT2D eigenvalue weighted by Gasteiger charge is -2.20. The number of carbonyl (C=O) groups excluding carboxylic acids is 1. The molecule has 1 aromatic heterocycles. The van der Waals surface area contributed by atoms with Gasteiger partial charge in [-0.05, 0) is 74.8 Å². The fraction of sp³-hybridized carbons (Fsp3) is 0.364. The summed E-state index contributed by atoms with van der Waals surface area (Å²) >= 11 is 1.70. The number of amides is 1. The Hall–Kier alpha value is -2.24. The zero-order valence-corrected chi connectivity index (χ0v) is 17.1. The molecule has 0 aliphatic rings. The van der Waals surface area contributed by atoms with Crippen molar-refractivity contribution in [3.8, 4) is 10.6 Å². The second-order valence-corrected chi connectivity index (χ2v) is 7.92. The second-order valence-electron chi connectivity index (χ2n) is 6.89. The summed E-state index contributed by atoms with van der Waals surface area (Å²) in [7, 11) is 0. The number of carbonyl (C=O) groups is 1. The molecule has 0 aliphatic heterocycles. The van der Waals surface area contributed by atoms with Crippen LogP contribution < -0.4 is 5.32 Å². The maximum Gasteiger partial charge on any atom is 0.238 e. The minimum atomic E-state index is 0.0418. The van der Waals surface area contributed by atoms with E-state index in [1.54, 1.807) is 11.3 Å². The lowest BCUT2D eigenvalue weighted by Crippen LogP contribution is -2.34. The van der Waals surface area contributed by atoms with Crippen LogP contribution in [0.15, 0.2) is 42.5 Å². The van der Waals surface area contributed by atoms with E-state index in [0.717, 1.165) is 47.7 Å². The van der Waals surface area contributed by atoms with Crippen LogP contribution in [-0.4, -0.2) is 35.4 Å². The molecule has 0 spiro atoms. The average Bonchev–Trinajstić information content (AvgIpc) is 3.05. The molecule has 1 N–H and O–H groups in total. The van der Waals surface area contributed by atoms with E-state index in [4.69, 9.17) is 4.98 Å². The van der Waals surface area contributed by atoms with Crippen molar-refractivity contribution in [2.45, 2.75) is 33.6 Å². The molecule has 3 aromatic rings. The molecular weight excluding hydrogens is 354 g/mol. The summed E-state index contributed by atoms with van der Waals surface area (Å²) < 4.78 is 1.20. The van der Waals surface area contributed by atoms with Gasteiger partial charge in [0.15, 0.2) is 0 Å². The lowest BCUT2D eigenvalue weighted by molar-refractivity contribution is -0.117. The molecule has 142 valence electrons. The van der Waals surface area contributed by atoms with Crippen LogP contribution in [0.4, 0.5) is 5.69 Å². The third kappa shape index (κ3) is 5.15. The Kier molecular flexibility index (Phi) is 6.58. The standard InChI is InChI=1S/C22H27N3OS/c1-4-12-25(13-5-2)15-21(26)23-18-9-7-17(8-10-18)22-24-19-11-6-16(3)14-20(19)27-22/h6-11,14H,4-5,12-13,15H2,1-3H3,(H,23,26). The van der Waals surface area contributed by atoms with Crippen LogP contribution in [0.2, 0.25) is 0 Å². The molecule has 0 aliphatic carbocycles. The lowest BCUT2D eigenvalue weighted by atomic mass is 10.2. The fourth-order valence-electron chi connectivity index (χ4n) is 3.16. The number of thiazole rings is 1. The van der Waals surface area contributed by atoms with Crippen molar-refractivity contribution in [3.63, 3.8) is 0 Å². The molecular formula is C22H27N3OS. The first-order valence-electron chi connectivity index (χ1n) is 9.59. The summed E-state index contributed by atoms with van der Waals surface area (Å²) in [4.78, 5) is 19.2. The summed E-state index contributed by atoms with van der Waals surface area (Å²) in [5.41, 5.74) is 4.18. The van der Waals surface area contributed by atoms with E-state index < -0.39 is 0 Å². The Morgan fingerprint density at radius 3 is 2.44 bits per heavy atom. The molecule has 27 heavy (non-hydrogen) atoms.